The fourth-order valence-electron chi connectivity index (χ4n) is 0.934. The number of nitrogens with zero attached hydrogens (tertiary/aromatic N) is 1. The van der Waals surface area contributed by atoms with Crippen LogP contribution in [0.25, 0.3) is 0 Å². The minimum Gasteiger partial charge on any atom is -0.480 e. The van der Waals surface area contributed by atoms with Crippen LogP contribution in [0.1, 0.15) is 5.56 Å². The summed E-state index contributed by atoms with van der Waals surface area (Å²) in [5.41, 5.74) is 4.73. The number of carbonyl (C=O) groups is 1. The highest BCUT2D eigenvalue weighted by atomic mass is 19.1. The minimum absolute atomic E-state index is 0.401. The lowest BCUT2D eigenvalue weighted by Crippen LogP contribution is -2.33. The van der Waals surface area contributed by atoms with Crippen molar-refractivity contribution >= 4 is 5.97 Å². The summed E-state index contributed by atoms with van der Waals surface area (Å²) in [5, 5.41) is 8.43. The molecular weight excluding hydrogens is 194 g/mol. The lowest BCUT2D eigenvalue weighted by atomic mass is 10.1. The van der Waals surface area contributed by atoms with E-state index in [1.165, 1.54) is 0 Å². The molecule has 0 aliphatic carbocycles. The van der Waals surface area contributed by atoms with Gasteiger partial charge >= 0.3 is 5.97 Å². The molecular formula is C8H8F2N2O2. The molecule has 0 bridgehead atoms. The molecule has 1 aromatic rings. The standard InChI is InChI=1S/C8H8F2N2O2/c9-5-1-2-12-7(10)4(5)3-6(11)8(13)14/h1-2,6H,3,11H2,(H,13,14). The van der Waals surface area contributed by atoms with Crippen molar-refractivity contribution in [3.63, 3.8) is 0 Å². The molecule has 0 saturated heterocycles. The molecule has 0 fully saturated rings. The molecule has 0 aliphatic heterocycles. The van der Waals surface area contributed by atoms with Crippen molar-refractivity contribution in [2.24, 2.45) is 5.73 Å². The van der Waals surface area contributed by atoms with Gasteiger partial charge in [-0.05, 0) is 6.07 Å². The predicted octanol–water partition coefficient (Wildman–Crippen LogP) is 0.314. The average Bonchev–Trinajstić information content (AvgIpc) is 2.11. The Morgan fingerprint density at radius 2 is 2.29 bits per heavy atom. The normalized spacial score (nSPS) is 12.5. The number of carboxylic acid groups (broad SMARTS) is 1. The topological polar surface area (TPSA) is 76.2 Å². The molecule has 1 aromatic heterocycles. The highest BCUT2D eigenvalue weighted by Gasteiger charge is 2.18. The molecule has 1 unspecified atom stereocenters. The number of pyridine rings is 1. The molecule has 3 N–H and O–H groups in total. The number of halogens is 2. The summed E-state index contributed by atoms with van der Waals surface area (Å²) in [7, 11) is 0. The third-order valence-electron chi connectivity index (χ3n) is 1.69. The van der Waals surface area contributed by atoms with Crippen LogP contribution in [0.3, 0.4) is 0 Å². The van der Waals surface area contributed by atoms with Crippen molar-refractivity contribution < 1.29 is 18.7 Å². The molecule has 1 rings (SSSR count). The molecule has 1 atom stereocenters. The highest BCUT2D eigenvalue weighted by Crippen LogP contribution is 2.11. The SMILES string of the molecule is NC(Cc1c(F)ccnc1F)C(=O)O. The van der Waals surface area contributed by atoms with Crippen molar-refractivity contribution in [3.8, 4) is 0 Å². The second kappa shape index (κ2) is 4.10. The molecule has 6 heteroatoms. The first kappa shape index (κ1) is 10.5. The van der Waals surface area contributed by atoms with Gasteiger partial charge in [0.05, 0.1) is 0 Å². The van der Waals surface area contributed by atoms with Crippen LogP contribution >= 0.6 is 0 Å². The van der Waals surface area contributed by atoms with Crippen molar-refractivity contribution in [2.45, 2.75) is 12.5 Å². The number of carboxylic acids is 1. The number of hydrogen-bond donors (Lipinski definition) is 2. The van der Waals surface area contributed by atoms with Crippen LogP contribution in [0.5, 0.6) is 0 Å². The Morgan fingerprint density at radius 3 is 2.79 bits per heavy atom. The van der Waals surface area contributed by atoms with Gasteiger partial charge in [0.15, 0.2) is 0 Å². The number of rotatable bonds is 3. The number of nitrogens with two attached hydrogens (primary N) is 1. The first-order valence-electron chi connectivity index (χ1n) is 3.79. The summed E-state index contributed by atoms with van der Waals surface area (Å²) in [5.74, 6) is -3.18. The zero-order valence-electron chi connectivity index (χ0n) is 7.08. The lowest BCUT2D eigenvalue weighted by Gasteiger charge is -2.07. The smallest absolute Gasteiger partial charge is 0.320 e. The zero-order valence-corrected chi connectivity index (χ0v) is 7.08. The van der Waals surface area contributed by atoms with Crippen molar-refractivity contribution in [1.29, 1.82) is 0 Å². The van der Waals surface area contributed by atoms with Gasteiger partial charge in [-0.15, -0.1) is 0 Å². The van der Waals surface area contributed by atoms with Crippen LogP contribution in [0.4, 0.5) is 8.78 Å². The van der Waals surface area contributed by atoms with Crippen LogP contribution in [-0.4, -0.2) is 22.1 Å². The molecule has 0 radical (unpaired) electrons. The highest BCUT2D eigenvalue weighted by molar-refractivity contribution is 5.73. The predicted molar refractivity (Wildman–Crippen MR) is 43.5 cm³/mol. The summed E-state index contributed by atoms with van der Waals surface area (Å²) >= 11 is 0. The maximum Gasteiger partial charge on any atom is 0.320 e. The van der Waals surface area contributed by atoms with E-state index in [4.69, 9.17) is 10.8 Å². The number of aromatic nitrogens is 1. The van der Waals surface area contributed by atoms with E-state index in [2.05, 4.69) is 4.98 Å². The minimum atomic E-state index is -1.33. The Kier molecular flexibility index (Phi) is 3.08. The molecule has 0 amide bonds. The fraction of sp³-hybridized carbons (Fsp3) is 0.250. The van der Waals surface area contributed by atoms with Crippen molar-refractivity contribution in [2.75, 3.05) is 0 Å². The van der Waals surface area contributed by atoms with Gasteiger partial charge in [0, 0.05) is 18.2 Å². The maximum atomic E-state index is 12.9. The Hall–Kier alpha value is -1.56. The summed E-state index contributed by atoms with van der Waals surface area (Å²) in [4.78, 5) is 13.5. The van der Waals surface area contributed by atoms with E-state index in [0.29, 0.717) is 0 Å². The molecule has 0 saturated carbocycles. The summed E-state index contributed by atoms with van der Waals surface area (Å²) in [6.45, 7) is 0. The van der Waals surface area contributed by atoms with Crippen LogP contribution < -0.4 is 5.73 Å². The Balaban J connectivity index is 2.91. The fourth-order valence-corrected chi connectivity index (χ4v) is 0.934. The first-order valence-corrected chi connectivity index (χ1v) is 3.79. The Labute approximate surface area is 78.4 Å². The van der Waals surface area contributed by atoms with Crippen LogP contribution in [0.2, 0.25) is 0 Å². The summed E-state index contributed by atoms with van der Waals surface area (Å²) < 4.78 is 25.8. The monoisotopic (exact) mass is 202 g/mol. The van der Waals surface area contributed by atoms with E-state index in [0.717, 1.165) is 12.3 Å². The molecule has 0 spiro atoms. The van der Waals surface area contributed by atoms with Crippen LogP contribution in [-0.2, 0) is 11.2 Å². The third kappa shape index (κ3) is 2.23. The maximum absolute atomic E-state index is 12.9. The molecule has 1 heterocycles. The van der Waals surface area contributed by atoms with E-state index < -0.39 is 35.8 Å². The molecule has 14 heavy (non-hydrogen) atoms. The van der Waals surface area contributed by atoms with E-state index in [-0.39, 0.29) is 0 Å². The molecule has 76 valence electrons. The van der Waals surface area contributed by atoms with E-state index >= 15 is 0 Å². The number of hydrogen-bond acceptors (Lipinski definition) is 3. The van der Waals surface area contributed by atoms with Gasteiger partial charge in [0.25, 0.3) is 0 Å². The largest absolute Gasteiger partial charge is 0.480 e. The Morgan fingerprint density at radius 1 is 1.64 bits per heavy atom. The number of aliphatic carboxylic acids is 1. The third-order valence-corrected chi connectivity index (χ3v) is 1.69. The van der Waals surface area contributed by atoms with Crippen molar-refractivity contribution in [3.05, 3.63) is 29.6 Å². The van der Waals surface area contributed by atoms with E-state index in [9.17, 15) is 13.6 Å². The van der Waals surface area contributed by atoms with E-state index in [1.54, 1.807) is 0 Å². The van der Waals surface area contributed by atoms with Crippen molar-refractivity contribution in [1.82, 2.24) is 4.98 Å². The van der Waals surface area contributed by atoms with Gasteiger partial charge < -0.3 is 10.8 Å². The van der Waals surface area contributed by atoms with Gasteiger partial charge in [-0.2, -0.15) is 4.39 Å². The van der Waals surface area contributed by atoms with Gasteiger partial charge in [-0.1, -0.05) is 0 Å². The lowest BCUT2D eigenvalue weighted by molar-refractivity contribution is -0.138. The molecule has 0 aliphatic rings. The first-order chi connectivity index (χ1) is 6.52. The quantitative estimate of drug-likeness (QED) is 0.692. The summed E-state index contributed by atoms with van der Waals surface area (Å²) in [6.07, 6.45) is 0.543. The van der Waals surface area contributed by atoms with Gasteiger partial charge in [-0.25, -0.2) is 9.37 Å². The van der Waals surface area contributed by atoms with Crippen LogP contribution in [0, 0.1) is 11.8 Å². The Bertz CT molecular complexity index is 337. The molecule has 0 aromatic carbocycles. The zero-order chi connectivity index (χ0) is 10.7. The second-order valence-electron chi connectivity index (χ2n) is 2.71. The van der Waals surface area contributed by atoms with Gasteiger partial charge in [0.1, 0.15) is 11.9 Å². The van der Waals surface area contributed by atoms with Crippen LogP contribution in [0.15, 0.2) is 12.3 Å². The summed E-state index contributed by atoms with van der Waals surface area (Å²) in [6, 6.07) is -0.379. The average molecular weight is 202 g/mol. The van der Waals surface area contributed by atoms with E-state index in [1.807, 2.05) is 0 Å². The molecule has 4 nitrogen and oxygen atoms in total. The van der Waals surface area contributed by atoms with Gasteiger partial charge in [0.2, 0.25) is 5.95 Å². The second-order valence-corrected chi connectivity index (χ2v) is 2.71. The van der Waals surface area contributed by atoms with Gasteiger partial charge in [-0.3, -0.25) is 4.79 Å².